The van der Waals surface area contributed by atoms with Crippen LogP contribution in [0.2, 0.25) is 10.0 Å². The molecule has 0 spiro atoms. The quantitative estimate of drug-likeness (QED) is 0.633. The zero-order valence-electron chi connectivity index (χ0n) is 12.7. The number of hydrogen-bond acceptors (Lipinski definition) is 4. The third kappa shape index (κ3) is 3.42. The normalized spacial score (nSPS) is 12.0. The number of carbonyl (C=O) groups is 1. The molecule has 1 heterocycles. The number of benzene rings is 2. The summed E-state index contributed by atoms with van der Waals surface area (Å²) >= 11 is 12.1. The van der Waals surface area contributed by atoms with Gasteiger partial charge in [0.2, 0.25) is 5.78 Å². The van der Waals surface area contributed by atoms with Crippen molar-refractivity contribution in [2.45, 2.75) is 13.2 Å². The SMILES string of the molecule is Cc1ccccc1OC(C(=O)c1ccc(Cl)cc1Cl)n1cncn1. The topological polar surface area (TPSA) is 57.0 Å². The summed E-state index contributed by atoms with van der Waals surface area (Å²) in [6.45, 7) is 1.90. The molecule has 0 saturated carbocycles. The Morgan fingerprint density at radius 3 is 2.67 bits per heavy atom. The molecule has 1 atom stereocenters. The van der Waals surface area contributed by atoms with E-state index in [9.17, 15) is 4.79 Å². The number of para-hydroxylation sites is 1. The number of ketones is 1. The number of rotatable bonds is 5. The summed E-state index contributed by atoms with van der Waals surface area (Å²) in [5, 5.41) is 4.73. The van der Waals surface area contributed by atoms with Crippen LogP contribution in [-0.2, 0) is 0 Å². The van der Waals surface area contributed by atoms with Gasteiger partial charge in [0.15, 0.2) is 0 Å². The van der Waals surface area contributed by atoms with Crippen molar-refractivity contribution in [1.82, 2.24) is 14.8 Å². The molecule has 0 aliphatic rings. The van der Waals surface area contributed by atoms with Gasteiger partial charge in [0.25, 0.3) is 6.23 Å². The van der Waals surface area contributed by atoms with Crippen molar-refractivity contribution in [3.63, 3.8) is 0 Å². The van der Waals surface area contributed by atoms with Crippen LogP contribution >= 0.6 is 23.2 Å². The summed E-state index contributed by atoms with van der Waals surface area (Å²) in [4.78, 5) is 16.8. The van der Waals surface area contributed by atoms with Gasteiger partial charge in [-0.2, -0.15) is 5.10 Å². The van der Waals surface area contributed by atoms with Crippen molar-refractivity contribution in [3.05, 3.63) is 76.3 Å². The average molecular weight is 362 g/mol. The van der Waals surface area contributed by atoms with Gasteiger partial charge in [-0.05, 0) is 36.8 Å². The van der Waals surface area contributed by atoms with Gasteiger partial charge in [-0.15, -0.1) is 0 Å². The summed E-state index contributed by atoms with van der Waals surface area (Å²) in [6.07, 6.45) is 1.74. The fraction of sp³-hybridized carbons (Fsp3) is 0.118. The molecule has 7 heteroatoms. The highest BCUT2D eigenvalue weighted by Crippen LogP contribution is 2.27. The molecule has 0 amide bonds. The molecule has 0 aliphatic heterocycles. The van der Waals surface area contributed by atoms with Crippen molar-refractivity contribution in [2.24, 2.45) is 0 Å². The van der Waals surface area contributed by atoms with E-state index >= 15 is 0 Å². The molecule has 122 valence electrons. The molecule has 0 N–H and O–H groups in total. The van der Waals surface area contributed by atoms with Gasteiger partial charge in [-0.1, -0.05) is 41.4 Å². The van der Waals surface area contributed by atoms with Crippen LogP contribution in [0.3, 0.4) is 0 Å². The molecule has 5 nitrogen and oxygen atoms in total. The summed E-state index contributed by atoms with van der Waals surface area (Å²) < 4.78 is 7.26. The highest BCUT2D eigenvalue weighted by Gasteiger charge is 2.27. The number of aryl methyl sites for hydroxylation is 1. The Hall–Kier alpha value is -2.37. The molecule has 0 saturated heterocycles. The maximum absolute atomic E-state index is 12.9. The van der Waals surface area contributed by atoms with Crippen LogP contribution < -0.4 is 4.74 Å². The van der Waals surface area contributed by atoms with Crippen LogP contribution in [0.5, 0.6) is 5.75 Å². The minimum atomic E-state index is -1.02. The average Bonchev–Trinajstić information content (AvgIpc) is 3.08. The molecule has 1 unspecified atom stereocenters. The molecule has 0 fully saturated rings. The van der Waals surface area contributed by atoms with Crippen LogP contribution in [0.15, 0.2) is 55.1 Å². The van der Waals surface area contributed by atoms with Crippen LogP contribution in [0.25, 0.3) is 0 Å². The fourth-order valence-electron chi connectivity index (χ4n) is 2.20. The first-order valence-corrected chi connectivity index (χ1v) is 7.87. The lowest BCUT2D eigenvalue weighted by Gasteiger charge is -2.19. The van der Waals surface area contributed by atoms with E-state index in [0.717, 1.165) is 5.56 Å². The van der Waals surface area contributed by atoms with Crippen molar-refractivity contribution in [3.8, 4) is 5.75 Å². The minimum Gasteiger partial charge on any atom is -0.461 e. The Balaban J connectivity index is 1.99. The second kappa shape index (κ2) is 7.03. The third-order valence-electron chi connectivity index (χ3n) is 3.43. The highest BCUT2D eigenvalue weighted by atomic mass is 35.5. The molecule has 1 aromatic heterocycles. The predicted octanol–water partition coefficient (Wildman–Crippen LogP) is 4.35. The van der Waals surface area contributed by atoms with E-state index < -0.39 is 6.23 Å². The van der Waals surface area contributed by atoms with Crippen molar-refractivity contribution < 1.29 is 9.53 Å². The van der Waals surface area contributed by atoms with Crippen LogP contribution in [0.1, 0.15) is 22.1 Å². The Bertz CT molecular complexity index is 866. The van der Waals surface area contributed by atoms with Gasteiger partial charge in [0.1, 0.15) is 18.4 Å². The van der Waals surface area contributed by atoms with Crippen LogP contribution in [0.4, 0.5) is 0 Å². The molecule has 0 radical (unpaired) electrons. The van der Waals surface area contributed by atoms with Crippen molar-refractivity contribution in [1.29, 1.82) is 0 Å². The summed E-state index contributed by atoms with van der Waals surface area (Å²) in [5.41, 5.74) is 1.20. The Labute approximate surface area is 148 Å². The van der Waals surface area contributed by atoms with Gasteiger partial charge in [0, 0.05) is 10.6 Å². The lowest BCUT2D eigenvalue weighted by atomic mass is 10.1. The predicted molar refractivity (Wildman–Crippen MR) is 91.7 cm³/mol. The number of carbonyl (C=O) groups excluding carboxylic acids is 1. The molecule has 0 aliphatic carbocycles. The second-order valence-electron chi connectivity index (χ2n) is 5.10. The number of Topliss-reactive ketones (excluding diaryl/α,β-unsaturated/α-hetero) is 1. The highest BCUT2D eigenvalue weighted by molar-refractivity contribution is 6.36. The molecular weight excluding hydrogens is 349 g/mol. The maximum atomic E-state index is 12.9. The van der Waals surface area contributed by atoms with E-state index in [1.807, 2.05) is 25.1 Å². The van der Waals surface area contributed by atoms with E-state index in [2.05, 4.69) is 10.1 Å². The van der Waals surface area contributed by atoms with E-state index in [1.54, 1.807) is 18.2 Å². The first kappa shape index (κ1) is 16.5. The van der Waals surface area contributed by atoms with Gasteiger partial charge < -0.3 is 4.74 Å². The largest absolute Gasteiger partial charge is 0.461 e. The smallest absolute Gasteiger partial charge is 0.256 e. The Morgan fingerprint density at radius 1 is 1.21 bits per heavy atom. The standard InChI is InChI=1S/C17H13Cl2N3O2/c1-11-4-2-3-5-15(11)24-17(22-10-20-9-21-22)16(23)13-7-6-12(18)8-14(13)19/h2-10,17H,1H3. The molecule has 0 bridgehead atoms. The van der Waals surface area contributed by atoms with Crippen LogP contribution in [0, 0.1) is 6.92 Å². The van der Waals surface area contributed by atoms with Gasteiger partial charge in [0.05, 0.1) is 5.02 Å². The summed E-state index contributed by atoms with van der Waals surface area (Å²) in [7, 11) is 0. The first-order valence-electron chi connectivity index (χ1n) is 7.12. The first-order chi connectivity index (χ1) is 11.6. The minimum absolute atomic E-state index is 0.256. The fourth-order valence-corrected chi connectivity index (χ4v) is 2.70. The molecule has 3 rings (SSSR count). The summed E-state index contributed by atoms with van der Waals surface area (Å²) in [5.74, 6) is 0.238. The number of halogens is 2. The molecular formula is C17H13Cl2N3O2. The molecule has 3 aromatic rings. The number of hydrogen-bond donors (Lipinski definition) is 0. The zero-order chi connectivity index (χ0) is 17.1. The third-order valence-corrected chi connectivity index (χ3v) is 3.98. The lowest BCUT2D eigenvalue weighted by Crippen LogP contribution is -2.26. The van der Waals surface area contributed by atoms with Crippen molar-refractivity contribution >= 4 is 29.0 Å². The Kier molecular flexibility index (Phi) is 4.83. The van der Waals surface area contributed by atoms with Crippen molar-refractivity contribution in [2.75, 3.05) is 0 Å². The van der Waals surface area contributed by atoms with Gasteiger partial charge in [-0.25, -0.2) is 9.67 Å². The van der Waals surface area contributed by atoms with E-state index in [4.69, 9.17) is 27.9 Å². The van der Waals surface area contributed by atoms with E-state index in [0.29, 0.717) is 16.3 Å². The number of aromatic nitrogens is 3. The Morgan fingerprint density at radius 2 is 2.00 bits per heavy atom. The summed E-state index contributed by atoms with van der Waals surface area (Å²) in [6, 6.07) is 12.1. The van der Waals surface area contributed by atoms with Crippen LogP contribution in [-0.4, -0.2) is 20.5 Å². The van der Waals surface area contributed by atoms with Gasteiger partial charge >= 0.3 is 0 Å². The number of ether oxygens (including phenoxy) is 1. The second-order valence-corrected chi connectivity index (χ2v) is 5.94. The van der Waals surface area contributed by atoms with E-state index in [-0.39, 0.29) is 10.8 Å². The molecule has 2 aromatic carbocycles. The van der Waals surface area contributed by atoms with E-state index in [1.165, 1.54) is 23.4 Å². The zero-order valence-corrected chi connectivity index (χ0v) is 14.2. The maximum Gasteiger partial charge on any atom is 0.256 e. The monoisotopic (exact) mass is 361 g/mol. The molecule has 24 heavy (non-hydrogen) atoms. The van der Waals surface area contributed by atoms with Gasteiger partial charge in [-0.3, -0.25) is 4.79 Å². The lowest BCUT2D eigenvalue weighted by molar-refractivity contribution is 0.0617. The number of nitrogens with zero attached hydrogens (tertiary/aromatic N) is 3.